The maximum atomic E-state index is 14.6. The van der Waals surface area contributed by atoms with Gasteiger partial charge in [-0.15, -0.1) is 5.10 Å². The van der Waals surface area contributed by atoms with Crippen molar-refractivity contribution in [2.75, 3.05) is 29.4 Å². The van der Waals surface area contributed by atoms with E-state index in [1.54, 1.807) is 6.20 Å². The number of hydrazone groups is 1. The molecule has 1 aromatic heterocycles. The van der Waals surface area contributed by atoms with Gasteiger partial charge in [-0.05, 0) is 0 Å². The average molecular weight is 391 g/mol. The van der Waals surface area contributed by atoms with E-state index in [0.29, 0.717) is 6.41 Å². The van der Waals surface area contributed by atoms with Crippen LogP contribution in [0.4, 0.5) is 25.0 Å². The summed E-state index contributed by atoms with van der Waals surface area (Å²) in [5.74, 6) is -1.71. The summed E-state index contributed by atoms with van der Waals surface area (Å²) in [6.07, 6.45) is 3.60. The van der Waals surface area contributed by atoms with Gasteiger partial charge in [-0.2, -0.15) is 5.10 Å². The van der Waals surface area contributed by atoms with Crippen molar-refractivity contribution in [3.05, 3.63) is 36.2 Å². The van der Waals surface area contributed by atoms with Crippen molar-refractivity contribution in [1.82, 2.24) is 20.0 Å². The predicted octanol–water partition coefficient (Wildman–Crippen LogP) is 0.803. The Morgan fingerprint density at radius 1 is 1.25 bits per heavy atom. The molecule has 2 amide bonds. The van der Waals surface area contributed by atoms with Crippen molar-refractivity contribution in [1.29, 1.82) is 0 Å². The zero-order valence-corrected chi connectivity index (χ0v) is 14.5. The van der Waals surface area contributed by atoms with Crippen LogP contribution in [0.25, 0.3) is 0 Å². The van der Waals surface area contributed by atoms with E-state index in [1.807, 2.05) is 0 Å². The number of ether oxygens (including phenoxy) is 1. The first kappa shape index (κ1) is 17.8. The number of benzene rings is 1. The third-order valence-electron chi connectivity index (χ3n) is 4.37. The van der Waals surface area contributed by atoms with Crippen LogP contribution >= 0.6 is 0 Å². The van der Waals surface area contributed by atoms with Crippen molar-refractivity contribution < 1.29 is 23.1 Å². The molecule has 0 bridgehead atoms. The summed E-state index contributed by atoms with van der Waals surface area (Å²) in [6, 6.07) is 2.13. The molecule has 10 nitrogen and oxygen atoms in total. The minimum atomic E-state index is -0.853. The molecule has 2 aliphatic heterocycles. The minimum Gasteiger partial charge on any atom is -0.442 e. The van der Waals surface area contributed by atoms with Crippen LogP contribution in [0.5, 0.6) is 0 Å². The Bertz CT molecular complexity index is 898. The molecule has 0 spiro atoms. The number of cyclic esters (lactones) is 1. The standard InChI is InChI=1S/C16H15F2N7O3/c17-13-5-11(6-14(18)15(13)22-3-4-24(10-26)20-9-22)25-8-12(28-16(25)27)7-23-2-1-19-21-23/h1-2,5-6,9-10,12H,3-4,7-8H2/t12-/m0/s1. The van der Waals surface area contributed by atoms with Gasteiger partial charge in [0.1, 0.15) is 18.1 Å². The summed E-state index contributed by atoms with van der Waals surface area (Å²) in [5.41, 5.74) is -0.252. The molecular formula is C16H15F2N7O3. The van der Waals surface area contributed by atoms with Crippen molar-refractivity contribution in [2.24, 2.45) is 5.10 Å². The summed E-state index contributed by atoms with van der Waals surface area (Å²) in [4.78, 5) is 25.2. The number of hydrogen-bond acceptors (Lipinski definition) is 7. The van der Waals surface area contributed by atoms with Gasteiger partial charge in [-0.3, -0.25) is 9.69 Å². The highest BCUT2D eigenvalue weighted by molar-refractivity contribution is 5.90. The molecule has 0 unspecified atom stereocenters. The second-order valence-corrected chi connectivity index (χ2v) is 6.19. The van der Waals surface area contributed by atoms with Gasteiger partial charge in [-0.25, -0.2) is 23.3 Å². The summed E-state index contributed by atoms with van der Waals surface area (Å²) in [5, 5.41) is 12.4. The number of anilines is 2. The number of hydrogen-bond donors (Lipinski definition) is 0. The summed E-state index contributed by atoms with van der Waals surface area (Å²) >= 11 is 0. The van der Waals surface area contributed by atoms with E-state index < -0.39 is 23.8 Å². The maximum absolute atomic E-state index is 14.6. The van der Waals surface area contributed by atoms with Crippen LogP contribution in [0.15, 0.2) is 29.6 Å². The van der Waals surface area contributed by atoms with Crippen LogP contribution in [0.3, 0.4) is 0 Å². The fourth-order valence-electron chi connectivity index (χ4n) is 3.05. The van der Waals surface area contributed by atoms with Gasteiger partial charge in [0.25, 0.3) is 0 Å². The van der Waals surface area contributed by atoms with E-state index in [4.69, 9.17) is 4.74 Å². The van der Waals surface area contributed by atoms with E-state index in [-0.39, 0.29) is 37.6 Å². The van der Waals surface area contributed by atoms with Crippen LogP contribution in [0, 0.1) is 11.6 Å². The monoisotopic (exact) mass is 391 g/mol. The maximum Gasteiger partial charge on any atom is 0.414 e. The smallest absolute Gasteiger partial charge is 0.414 e. The van der Waals surface area contributed by atoms with Gasteiger partial charge in [-0.1, -0.05) is 5.21 Å². The number of halogens is 2. The van der Waals surface area contributed by atoms with E-state index in [1.165, 1.54) is 22.1 Å². The molecule has 3 heterocycles. The molecule has 0 aliphatic carbocycles. The second-order valence-electron chi connectivity index (χ2n) is 6.19. The number of amides is 2. The summed E-state index contributed by atoms with van der Waals surface area (Å²) in [6.45, 7) is 0.781. The minimum absolute atomic E-state index is 0.0494. The highest BCUT2D eigenvalue weighted by Crippen LogP contribution is 2.31. The Balaban J connectivity index is 1.53. The van der Waals surface area contributed by atoms with Crippen LogP contribution in [0.2, 0.25) is 0 Å². The Hall–Kier alpha value is -3.57. The molecule has 1 saturated heterocycles. The molecule has 146 valence electrons. The van der Waals surface area contributed by atoms with Gasteiger partial charge in [0.05, 0.1) is 31.5 Å². The molecule has 1 fully saturated rings. The number of rotatable bonds is 5. The normalized spacial score (nSPS) is 19.3. The molecule has 28 heavy (non-hydrogen) atoms. The third kappa shape index (κ3) is 3.35. The molecule has 1 aromatic carbocycles. The van der Waals surface area contributed by atoms with E-state index >= 15 is 0 Å². The van der Waals surface area contributed by atoms with Crippen LogP contribution in [-0.4, -0.2) is 64.6 Å². The highest BCUT2D eigenvalue weighted by atomic mass is 19.1. The lowest BCUT2D eigenvalue weighted by Crippen LogP contribution is -2.38. The number of carbonyl (C=O) groups excluding carboxylic acids is 2. The van der Waals surface area contributed by atoms with Gasteiger partial charge in [0.2, 0.25) is 6.41 Å². The van der Waals surface area contributed by atoms with Crippen molar-refractivity contribution >= 4 is 30.2 Å². The van der Waals surface area contributed by atoms with Gasteiger partial charge in [0, 0.05) is 24.9 Å². The lowest BCUT2D eigenvalue weighted by atomic mass is 10.2. The van der Waals surface area contributed by atoms with Crippen molar-refractivity contribution in [2.45, 2.75) is 12.6 Å². The first-order valence-electron chi connectivity index (χ1n) is 8.39. The van der Waals surface area contributed by atoms with Crippen molar-refractivity contribution in [3.63, 3.8) is 0 Å². The number of nitrogens with zero attached hydrogens (tertiary/aromatic N) is 7. The Morgan fingerprint density at radius 3 is 2.64 bits per heavy atom. The lowest BCUT2D eigenvalue weighted by Gasteiger charge is -2.27. The third-order valence-corrected chi connectivity index (χ3v) is 4.37. The lowest BCUT2D eigenvalue weighted by molar-refractivity contribution is -0.118. The number of aromatic nitrogens is 3. The highest BCUT2D eigenvalue weighted by Gasteiger charge is 2.34. The zero-order chi connectivity index (χ0) is 19.7. The molecule has 0 N–H and O–H groups in total. The molecule has 2 aromatic rings. The summed E-state index contributed by atoms with van der Waals surface area (Å²) < 4.78 is 36.0. The molecule has 12 heteroatoms. The Labute approximate surface area is 157 Å². The first-order chi connectivity index (χ1) is 13.5. The zero-order valence-electron chi connectivity index (χ0n) is 14.5. The van der Waals surface area contributed by atoms with E-state index in [0.717, 1.165) is 22.0 Å². The Kier molecular flexibility index (Phi) is 4.59. The number of carbonyl (C=O) groups is 2. The van der Waals surface area contributed by atoms with Gasteiger partial charge in [0.15, 0.2) is 11.6 Å². The predicted molar refractivity (Wildman–Crippen MR) is 92.6 cm³/mol. The van der Waals surface area contributed by atoms with Crippen LogP contribution < -0.4 is 9.80 Å². The molecule has 1 atom stereocenters. The Morgan fingerprint density at radius 2 is 2.04 bits per heavy atom. The average Bonchev–Trinajstić information content (AvgIpc) is 3.31. The molecule has 4 rings (SSSR count). The molecule has 2 aliphatic rings. The van der Waals surface area contributed by atoms with Crippen LogP contribution in [-0.2, 0) is 16.1 Å². The topological polar surface area (TPSA) is 96.2 Å². The van der Waals surface area contributed by atoms with Gasteiger partial charge >= 0.3 is 6.09 Å². The first-order valence-corrected chi connectivity index (χ1v) is 8.39. The van der Waals surface area contributed by atoms with Gasteiger partial charge < -0.3 is 9.64 Å². The summed E-state index contributed by atoms with van der Waals surface area (Å²) in [7, 11) is 0. The largest absolute Gasteiger partial charge is 0.442 e. The fourth-order valence-corrected chi connectivity index (χ4v) is 3.05. The second kappa shape index (κ2) is 7.21. The SMILES string of the molecule is O=CN1CCN(c2c(F)cc(N3C[C@H](Cn4ccnn4)OC3=O)cc2F)C=N1. The van der Waals surface area contributed by atoms with E-state index in [2.05, 4.69) is 15.4 Å². The molecular weight excluding hydrogens is 376 g/mol. The molecule has 0 radical (unpaired) electrons. The van der Waals surface area contributed by atoms with Crippen molar-refractivity contribution in [3.8, 4) is 0 Å². The van der Waals surface area contributed by atoms with Crippen LogP contribution in [0.1, 0.15) is 0 Å². The van der Waals surface area contributed by atoms with E-state index in [9.17, 15) is 18.4 Å². The molecule has 0 saturated carbocycles. The fraction of sp³-hybridized carbons (Fsp3) is 0.312. The quantitative estimate of drug-likeness (QED) is 0.700.